The molecule has 3 N–H and O–H groups in total. The van der Waals surface area contributed by atoms with Crippen LogP contribution in [0.2, 0.25) is 0 Å². The number of fused-ring (bicyclic) bond motifs is 1. The van der Waals surface area contributed by atoms with Crippen molar-refractivity contribution in [3.05, 3.63) is 46.2 Å². The fourth-order valence-corrected chi connectivity index (χ4v) is 2.46. The Balaban J connectivity index is 1.83. The second kappa shape index (κ2) is 5.40. The summed E-state index contributed by atoms with van der Waals surface area (Å²) >= 11 is 0. The van der Waals surface area contributed by atoms with Gasteiger partial charge in [0.15, 0.2) is 0 Å². The number of pyridine rings is 1. The van der Waals surface area contributed by atoms with Crippen LogP contribution < -0.4 is 16.1 Å². The largest absolute Gasteiger partial charge is 0.360 e. The van der Waals surface area contributed by atoms with Crippen LogP contribution in [0.4, 0.5) is 0 Å². The smallest absolute Gasteiger partial charge is 0.257 e. The van der Waals surface area contributed by atoms with E-state index in [2.05, 4.69) is 15.6 Å². The van der Waals surface area contributed by atoms with Crippen LogP contribution in [0.1, 0.15) is 23.2 Å². The predicted molar refractivity (Wildman–Crippen MR) is 78.1 cm³/mol. The van der Waals surface area contributed by atoms with Crippen molar-refractivity contribution in [1.29, 1.82) is 0 Å². The van der Waals surface area contributed by atoms with Gasteiger partial charge >= 0.3 is 0 Å². The van der Waals surface area contributed by atoms with E-state index in [0.29, 0.717) is 30.3 Å². The Morgan fingerprint density at radius 2 is 2.05 bits per heavy atom. The number of benzene rings is 1. The normalized spacial score (nSPS) is 18.3. The predicted octanol–water partition coefficient (Wildman–Crippen LogP) is 0.537. The van der Waals surface area contributed by atoms with E-state index >= 15 is 0 Å². The highest BCUT2D eigenvalue weighted by Crippen LogP contribution is 2.08. The Bertz CT molecular complexity index is 756. The summed E-state index contributed by atoms with van der Waals surface area (Å²) in [5.74, 6) is -0.424. The zero-order valence-electron chi connectivity index (χ0n) is 11.3. The molecule has 2 aromatic rings. The number of rotatable bonds is 2. The van der Waals surface area contributed by atoms with Gasteiger partial charge in [-0.25, -0.2) is 0 Å². The Morgan fingerprint density at radius 3 is 2.81 bits per heavy atom. The molecule has 2 heterocycles. The van der Waals surface area contributed by atoms with Gasteiger partial charge in [0.05, 0.1) is 0 Å². The second-order valence-corrected chi connectivity index (χ2v) is 5.09. The molecule has 21 heavy (non-hydrogen) atoms. The van der Waals surface area contributed by atoms with Crippen LogP contribution >= 0.6 is 0 Å². The molecule has 6 heteroatoms. The van der Waals surface area contributed by atoms with E-state index in [1.54, 1.807) is 18.2 Å². The Kier molecular flexibility index (Phi) is 3.43. The maximum Gasteiger partial charge on any atom is 0.257 e. The van der Waals surface area contributed by atoms with Gasteiger partial charge in [-0.2, -0.15) is 0 Å². The highest BCUT2D eigenvalue weighted by atomic mass is 16.2. The summed E-state index contributed by atoms with van der Waals surface area (Å²) in [5.41, 5.74) is 0.497. The first kappa shape index (κ1) is 13.4. The van der Waals surface area contributed by atoms with Gasteiger partial charge < -0.3 is 15.6 Å². The van der Waals surface area contributed by atoms with Crippen LogP contribution in [0.3, 0.4) is 0 Å². The van der Waals surface area contributed by atoms with Gasteiger partial charge in [-0.3, -0.25) is 14.4 Å². The molecule has 1 aliphatic rings. The molecule has 1 aromatic heterocycles. The zero-order valence-corrected chi connectivity index (χ0v) is 11.3. The number of piperidine rings is 1. The maximum atomic E-state index is 12.3. The summed E-state index contributed by atoms with van der Waals surface area (Å²) in [7, 11) is 0. The number of carbonyl (C=O) groups excluding carboxylic acids is 2. The number of hydrogen-bond acceptors (Lipinski definition) is 3. The Morgan fingerprint density at radius 1 is 1.24 bits per heavy atom. The lowest BCUT2D eigenvalue weighted by Gasteiger charge is -2.23. The van der Waals surface area contributed by atoms with E-state index in [9.17, 15) is 14.4 Å². The molecule has 0 spiro atoms. The summed E-state index contributed by atoms with van der Waals surface area (Å²) in [6, 6.07) is 6.92. The van der Waals surface area contributed by atoms with Gasteiger partial charge in [-0.05, 0) is 18.6 Å². The number of para-hydroxylation sites is 1. The fraction of sp³-hybridized carbons (Fsp3) is 0.267. The minimum atomic E-state index is -0.414. The molecule has 0 saturated carbocycles. The van der Waals surface area contributed by atoms with Crippen molar-refractivity contribution in [3.63, 3.8) is 0 Å². The Labute approximate surface area is 120 Å². The van der Waals surface area contributed by atoms with Gasteiger partial charge in [0.2, 0.25) is 11.3 Å². The molecular weight excluding hydrogens is 270 g/mol. The summed E-state index contributed by atoms with van der Waals surface area (Å²) in [6.07, 6.45) is 2.41. The number of H-pyrrole nitrogens is 1. The first-order valence-electron chi connectivity index (χ1n) is 6.83. The van der Waals surface area contributed by atoms with Crippen molar-refractivity contribution in [2.75, 3.05) is 6.54 Å². The van der Waals surface area contributed by atoms with Gasteiger partial charge in [0.25, 0.3) is 5.91 Å². The number of amides is 2. The first-order valence-corrected chi connectivity index (χ1v) is 6.83. The van der Waals surface area contributed by atoms with Crippen molar-refractivity contribution in [1.82, 2.24) is 15.6 Å². The Hall–Kier alpha value is -2.63. The summed E-state index contributed by atoms with van der Waals surface area (Å²) in [4.78, 5) is 38.6. The second-order valence-electron chi connectivity index (χ2n) is 5.09. The molecule has 0 radical (unpaired) electrons. The summed E-state index contributed by atoms with van der Waals surface area (Å²) < 4.78 is 0. The molecule has 0 aliphatic carbocycles. The standard InChI is InChI=1S/C15H15N3O3/c19-13-6-5-9(7-17-13)18-15(21)11-8-16-12-4-2-1-3-10(12)14(11)20/h1-4,8-9H,5-7H2,(H,16,20)(H,17,19)(H,18,21). The zero-order chi connectivity index (χ0) is 14.8. The minimum Gasteiger partial charge on any atom is -0.360 e. The first-order chi connectivity index (χ1) is 10.1. The number of hydrogen-bond donors (Lipinski definition) is 3. The fourth-order valence-electron chi connectivity index (χ4n) is 2.46. The maximum absolute atomic E-state index is 12.3. The molecule has 1 saturated heterocycles. The molecule has 3 rings (SSSR count). The van der Waals surface area contributed by atoms with Crippen LogP contribution in [0.5, 0.6) is 0 Å². The van der Waals surface area contributed by atoms with Crippen LogP contribution in [-0.2, 0) is 4.79 Å². The highest BCUT2D eigenvalue weighted by Gasteiger charge is 2.21. The lowest BCUT2D eigenvalue weighted by atomic mass is 10.1. The lowest BCUT2D eigenvalue weighted by Crippen LogP contribution is -2.48. The molecule has 1 fully saturated rings. The molecule has 1 aliphatic heterocycles. The van der Waals surface area contributed by atoms with Crippen LogP contribution in [0.25, 0.3) is 10.9 Å². The molecule has 2 amide bonds. The van der Waals surface area contributed by atoms with Crippen LogP contribution in [-0.4, -0.2) is 29.4 Å². The minimum absolute atomic E-state index is 0.0101. The highest BCUT2D eigenvalue weighted by molar-refractivity contribution is 5.97. The van der Waals surface area contributed by atoms with Crippen molar-refractivity contribution < 1.29 is 9.59 Å². The van der Waals surface area contributed by atoms with Gasteiger partial charge in [0.1, 0.15) is 5.56 Å². The summed E-state index contributed by atoms with van der Waals surface area (Å²) in [6.45, 7) is 0.399. The molecule has 1 atom stereocenters. The van der Waals surface area contributed by atoms with Crippen molar-refractivity contribution >= 4 is 22.7 Å². The lowest BCUT2D eigenvalue weighted by molar-refractivity contribution is -0.122. The molecule has 1 unspecified atom stereocenters. The topological polar surface area (TPSA) is 91.1 Å². The van der Waals surface area contributed by atoms with E-state index in [1.165, 1.54) is 6.20 Å². The summed E-state index contributed by atoms with van der Waals surface area (Å²) in [5, 5.41) is 5.97. The number of carbonyl (C=O) groups is 2. The molecule has 108 valence electrons. The van der Waals surface area contributed by atoms with E-state index < -0.39 is 5.91 Å². The van der Waals surface area contributed by atoms with Gasteiger partial charge in [0, 0.05) is 36.1 Å². The monoisotopic (exact) mass is 285 g/mol. The average Bonchev–Trinajstić information content (AvgIpc) is 2.50. The van der Waals surface area contributed by atoms with Crippen molar-refractivity contribution in [2.24, 2.45) is 0 Å². The van der Waals surface area contributed by atoms with E-state index in [-0.39, 0.29) is 22.9 Å². The third-order valence-electron chi connectivity index (χ3n) is 3.63. The quantitative estimate of drug-likeness (QED) is 0.752. The van der Waals surface area contributed by atoms with Gasteiger partial charge in [-0.1, -0.05) is 12.1 Å². The van der Waals surface area contributed by atoms with Crippen LogP contribution in [0, 0.1) is 0 Å². The third kappa shape index (κ3) is 2.65. The van der Waals surface area contributed by atoms with E-state index in [4.69, 9.17) is 0 Å². The van der Waals surface area contributed by atoms with Crippen molar-refractivity contribution in [3.8, 4) is 0 Å². The third-order valence-corrected chi connectivity index (χ3v) is 3.63. The molecule has 0 bridgehead atoms. The molecule has 6 nitrogen and oxygen atoms in total. The number of aromatic nitrogens is 1. The van der Waals surface area contributed by atoms with E-state index in [0.717, 1.165) is 0 Å². The van der Waals surface area contributed by atoms with E-state index in [1.807, 2.05) is 6.07 Å². The molecular formula is C15H15N3O3. The van der Waals surface area contributed by atoms with Gasteiger partial charge in [-0.15, -0.1) is 0 Å². The number of nitrogens with one attached hydrogen (secondary N) is 3. The molecule has 1 aromatic carbocycles. The van der Waals surface area contributed by atoms with Crippen LogP contribution in [0.15, 0.2) is 35.3 Å². The SMILES string of the molecule is O=C1CCC(NC(=O)c2c[nH]c3ccccc3c2=O)CN1. The average molecular weight is 285 g/mol. The van der Waals surface area contributed by atoms with Crippen molar-refractivity contribution in [2.45, 2.75) is 18.9 Å². The number of aromatic amines is 1.